The molecule has 2 N–H and O–H groups in total. The van der Waals surface area contributed by atoms with Crippen LogP contribution in [0.4, 0.5) is 5.69 Å². The number of rotatable bonds is 3. The van der Waals surface area contributed by atoms with Gasteiger partial charge in [-0.2, -0.15) is 0 Å². The SMILES string of the molecule is Cc1cc(N2CCCCC2)ccc1CCN. The minimum absolute atomic E-state index is 0.740. The number of anilines is 1. The Morgan fingerprint density at radius 3 is 2.56 bits per heavy atom. The predicted octanol–water partition coefficient (Wildman–Crippen LogP) is 2.49. The van der Waals surface area contributed by atoms with Gasteiger partial charge in [0.1, 0.15) is 0 Å². The summed E-state index contributed by atoms with van der Waals surface area (Å²) in [6.07, 6.45) is 5.06. The Hall–Kier alpha value is -1.02. The maximum atomic E-state index is 5.60. The lowest BCUT2D eigenvalue weighted by atomic mass is 10.0. The summed E-state index contributed by atoms with van der Waals surface area (Å²) >= 11 is 0. The van der Waals surface area contributed by atoms with Crippen LogP contribution >= 0.6 is 0 Å². The Balaban J connectivity index is 2.13. The Kier molecular flexibility index (Phi) is 3.83. The van der Waals surface area contributed by atoms with Gasteiger partial charge in [-0.05, 0) is 62.4 Å². The largest absolute Gasteiger partial charge is 0.372 e. The third-order valence-electron chi connectivity index (χ3n) is 3.46. The zero-order chi connectivity index (χ0) is 11.4. The van der Waals surface area contributed by atoms with Crippen LogP contribution < -0.4 is 10.6 Å². The summed E-state index contributed by atoms with van der Waals surface area (Å²) in [6, 6.07) is 6.81. The van der Waals surface area contributed by atoms with Crippen LogP contribution in [0.15, 0.2) is 18.2 Å². The molecule has 16 heavy (non-hydrogen) atoms. The van der Waals surface area contributed by atoms with Crippen LogP contribution in [0, 0.1) is 6.92 Å². The van der Waals surface area contributed by atoms with Crippen LogP contribution in [0.3, 0.4) is 0 Å². The molecule has 0 atom stereocenters. The van der Waals surface area contributed by atoms with Gasteiger partial charge in [0.25, 0.3) is 0 Å². The van der Waals surface area contributed by atoms with E-state index >= 15 is 0 Å². The van der Waals surface area contributed by atoms with Crippen LogP contribution in [0.2, 0.25) is 0 Å². The first-order chi connectivity index (χ1) is 7.81. The quantitative estimate of drug-likeness (QED) is 0.844. The Labute approximate surface area is 98.4 Å². The summed E-state index contributed by atoms with van der Waals surface area (Å²) < 4.78 is 0. The first kappa shape index (κ1) is 11.5. The van der Waals surface area contributed by atoms with E-state index in [0.29, 0.717) is 0 Å². The van der Waals surface area contributed by atoms with E-state index in [4.69, 9.17) is 5.73 Å². The molecule has 0 aliphatic carbocycles. The van der Waals surface area contributed by atoms with Crippen molar-refractivity contribution in [3.8, 4) is 0 Å². The lowest BCUT2D eigenvalue weighted by Crippen LogP contribution is -2.29. The molecule has 0 unspecified atom stereocenters. The van der Waals surface area contributed by atoms with Crippen LogP contribution in [0.25, 0.3) is 0 Å². The fourth-order valence-corrected chi connectivity index (χ4v) is 2.46. The van der Waals surface area contributed by atoms with E-state index in [-0.39, 0.29) is 0 Å². The predicted molar refractivity (Wildman–Crippen MR) is 70.0 cm³/mol. The molecule has 0 spiro atoms. The molecule has 0 radical (unpaired) electrons. The second-order valence-electron chi connectivity index (χ2n) is 4.70. The highest BCUT2D eigenvalue weighted by atomic mass is 15.1. The van der Waals surface area contributed by atoms with E-state index in [1.165, 1.54) is 49.2 Å². The summed E-state index contributed by atoms with van der Waals surface area (Å²) in [5.74, 6) is 0. The summed E-state index contributed by atoms with van der Waals surface area (Å²) in [5.41, 5.74) is 9.76. The number of hydrogen-bond donors (Lipinski definition) is 1. The van der Waals surface area contributed by atoms with Gasteiger partial charge in [0, 0.05) is 18.8 Å². The van der Waals surface area contributed by atoms with Gasteiger partial charge in [0.05, 0.1) is 0 Å². The molecule has 1 aromatic rings. The van der Waals surface area contributed by atoms with Gasteiger partial charge in [0.15, 0.2) is 0 Å². The first-order valence-electron chi connectivity index (χ1n) is 6.36. The van der Waals surface area contributed by atoms with E-state index in [9.17, 15) is 0 Å². The highest BCUT2D eigenvalue weighted by Gasteiger charge is 2.11. The van der Waals surface area contributed by atoms with Gasteiger partial charge in [-0.1, -0.05) is 6.07 Å². The van der Waals surface area contributed by atoms with Gasteiger partial charge < -0.3 is 10.6 Å². The number of hydrogen-bond acceptors (Lipinski definition) is 2. The summed E-state index contributed by atoms with van der Waals surface area (Å²) in [4.78, 5) is 2.50. The van der Waals surface area contributed by atoms with Crippen molar-refractivity contribution >= 4 is 5.69 Å². The normalized spacial score (nSPS) is 16.5. The molecule has 2 heteroatoms. The molecule has 0 saturated carbocycles. The molecule has 2 rings (SSSR count). The van der Waals surface area contributed by atoms with Crippen molar-refractivity contribution in [1.82, 2.24) is 0 Å². The molecule has 1 fully saturated rings. The topological polar surface area (TPSA) is 29.3 Å². The second kappa shape index (κ2) is 5.35. The van der Waals surface area contributed by atoms with Crippen molar-refractivity contribution in [3.63, 3.8) is 0 Å². The van der Waals surface area contributed by atoms with Crippen molar-refractivity contribution in [2.45, 2.75) is 32.6 Å². The van der Waals surface area contributed by atoms with Crippen molar-refractivity contribution in [1.29, 1.82) is 0 Å². The monoisotopic (exact) mass is 218 g/mol. The molecule has 0 aromatic heterocycles. The van der Waals surface area contributed by atoms with Gasteiger partial charge >= 0.3 is 0 Å². The second-order valence-corrected chi connectivity index (χ2v) is 4.70. The molecular formula is C14H22N2. The van der Waals surface area contributed by atoms with Crippen LogP contribution in [-0.2, 0) is 6.42 Å². The summed E-state index contributed by atoms with van der Waals surface area (Å²) in [7, 11) is 0. The van der Waals surface area contributed by atoms with Crippen LogP contribution in [-0.4, -0.2) is 19.6 Å². The van der Waals surface area contributed by atoms with E-state index in [1.54, 1.807) is 0 Å². The van der Waals surface area contributed by atoms with E-state index in [2.05, 4.69) is 30.0 Å². The smallest absolute Gasteiger partial charge is 0.0369 e. The lowest BCUT2D eigenvalue weighted by Gasteiger charge is -2.29. The number of aryl methyl sites for hydroxylation is 1. The molecule has 1 aromatic carbocycles. The third kappa shape index (κ3) is 2.56. The number of piperidine rings is 1. The molecular weight excluding hydrogens is 196 g/mol. The van der Waals surface area contributed by atoms with Crippen molar-refractivity contribution in [2.75, 3.05) is 24.5 Å². The Morgan fingerprint density at radius 2 is 1.94 bits per heavy atom. The average Bonchev–Trinajstić information content (AvgIpc) is 2.33. The highest BCUT2D eigenvalue weighted by Crippen LogP contribution is 2.22. The van der Waals surface area contributed by atoms with Gasteiger partial charge in [-0.15, -0.1) is 0 Å². The molecule has 88 valence electrons. The molecule has 1 saturated heterocycles. The molecule has 1 aliphatic rings. The molecule has 0 amide bonds. The Morgan fingerprint density at radius 1 is 1.19 bits per heavy atom. The van der Waals surface area contributed by atoms with Crippen LogP contribution in [0.1, 0.15) is 30.4 Å². The Bertz CT molecular complexity index is 341. The van der Waals surface area contributed by atoms with Gasteiger partial charge in [-0.25, -0.2) is 0 Å². The summed E-state index contributed by atoms with van der Waals surface area (Å²) in [6.45, 7) is 5.37. The first-order valence-corrected chi connectivity index (χ1v) is 6.36. The minimum atomic E-state index is 0.740. The molecule has 1 heterocycles. The molecule has 2 nitrogen and oxygen atoms in total. The van der Waals surface area contributed by atoms with Crippen molar-refractivity contribution in [2.24, 2.45) is 5.73 Å². The zero-order valence-corrected chi connectivity index (χ0v) is 10.2. The fourth-order valence-electron chi connectivity index (χ4n) is 2.46. The summed E-state index contributed by atoms with van der Waals surface area (Å²) in [5, 5.41) is 0. The third-order valence-corrected chi connectivity index (χ3v) is 3.46. The molecule has 1 aliphatic heterocycles. The van der Waals surface area contributed by atoms with E-state index in [1.807, 2.05) is 0 Å². The van der Waals surface area contributed by atoms with Crippen molar-refractivity contribution in [3.05, 3.63) is 29.3 Å². The van der Waals surface area contributed by atoms with Crippen molar-refractivity contribution < 1.29 is 0 Å². The minimum Gasteiger partial charge on any atom is -0.372 e. The lowest BCUT2D eigenvalue weighted by molar-refractivity contribution is 0.577. The maximum Gasteiger partial charge on any atom is 0.0369 e. The fraction of sp³-hybridized carbons (Fsp3) is 0.571. The zero-order valence-electron chi connectivity index (χ0n) is 10.2. The van der Waals surface area contributed by atoms with Gasteiger partial charge in [0.2, 0.25) is 0 Å². The van der Waals surface area contributed by atoms with Gasteiger partial charge in [-0.3, -0.25) is 0 Å². The maximum absolute atomic E-state index is 5.60. The van der Waals surface area contributed by atoms with E-state index < -0.39 is 0 Å². The van der Waals surface area contributed by atoms with E-state index in [0.717, 1.165) is 13.0 Å². The highest BCUT2D eigenvalue weighted by molar-refractivity contribution is 5.51. The molecule has 0 bridgehead atoms. The van der Waals surface area contributed by atoms with Crippen LogP contribution in [0.5, 0.6) is 0 Å². The average molecular weight is 218 g/mol. The number of nitrogens with two attached hydrogens (primary N) is 1. The standard InChI is InChI=1S/C14H22N2/c1-12-11-14(6-5-13(12)7-8-15)16-9-3-2-4-10-16/h5-6,11H,2-4,7-10,15H2,1H3. The number of benzene rings is 1. The number of nitrogens with zero attached hydrogens (tertiary/aromatic N) is 1.